The molecule has 2 rings (SSSR count). The van der Waals surface area contributed by atoms with Gasteiger partial charge in [-0.15, -0.1) is 11.8 Å². The Labute approximate surface area is 138 Å². The fourth-order valence-electron chi connectivity index (χ4n) is 2.38. The van der Waals surface area contributed by atoms with Crippen LogP contribution in [0.3, 0.4) is 0 Å². The normalized spacial score (nSPS) is 11.0. The summed E-state index contributed by atoms with van der Waals surface area (Å²) >= 11 is 1.56. The molecule has 0 N–H and O–H groups in total. The van der Waals surface area contributed by atoms with Gasteiger partial charge in [0.05, 0.1) is 12.2 Å². The first-order chi connectivity index (χ1) is 10.9. The average Bonchev–Trinajstić information content (AvgIpc) is 2.50. The highest BCUT2D eigenvalue weighted by atomic mass is 32.2. The van der Waals surface area contributed by atoms with Crippen molar-refractivity contribution in [3.05, 3.63) is 51.8 Å². The molecule has 1 heterocycles. The van der Waals surface area contributed by atoms with Gasteiger partial charge in [-0.1, -0.05) is 6.07 Å². The van der Waals surface area contributed by atoms with Gasteiger partial charge in [0.2, 0.25) is 0 Å². The molecule has 0 bridgehead atoms. The van der Waals surface area contributed by atoms with E-state index in [1.165, 1.54) is 0 Å². The van der Waals surface area contributed by atoms with Crippen molar-refractivity contribution in [1.82, 2.24) is 4.57 Å². The Morgan fingerprint density at radius 2 is 1.91 bits per heavy atom. The van der Waals surface area contributed by atoms with Crippen molar-refractivity contribution in [1.29, 1.82) is 0 Å². The van der Waals surface area contributed by atoms with Crippen molar-refractivity contribution in [3.63, 3.8) is 0 Å². The SMILES string of the molecule is CSCOc1ccc(-c2ccc(C)c(=O)n2CC(F)F)c(C)c1. The second-order valence-electron chi connectivity index (χ2n) is 5.24. The second kappa shape index (κ2) is 7.64. The molecule has 2 aromatic rings. The molecule has 1 aromatic heterocycles. The third kappa shape index (κ3) is 4.13. The number of alkyl halides is 2. The number of halogens is 2. The summed E-state index contributed by atoms with van der Waals surface area (Å²) in [5, 5.41) is 0. The Morgan fingerprint density at radius 3 is 2.52 bits per heavy atom. The molecule has 0 spiro atoms. The molecule has 0 aliphatic carbocycles. The summed E-state index contributed by atoms with van der Waals surface area (Å²) in [4.78, 5) is 12.2. The van der Waals surface area contributed by atoms with Gasteiger partial charge in [-0.2, -0.15) is 0 Å². The van der Waals surface area contributed by atoms with E-state index < -0.39 is 13.0 Å². The molecule has 0 saturated carbocycles. The predicted octanol–water partition coefficient (Wildman–Crippen LogP) is 4.10. The summed E-state index contributed by atoms with van der Waals surface area (Å²) in [6.07, 6.45) is -0.644. The van der Waals surface area contributed by atoms with Crippen LogP contribution >= 0.6 is 11.8 Å². The summed E-state index contributed by atoms with van der Waals surface area (Å²) in [6.45, 7) is 2.89. The van der Waals surface area contributed by atoms with Crippen LogP contribution in [0.4, 0.5) is 8.78 Å². The number of nitrogens with zero attached hydrogens (tertiary/aromatic N) is 1. The fourth-order valence-corrected chi connectivity index (χ4v) is 2.64. The van der Waals surface area contributed by atoms with Gasteiger partial charge < -0.3 is 9.30 Å². The van der Waals surface area contributed by atoms with Gasteiger partial charge in [0.1, 0.15) is 11.7 Å². The lowest BCUT2D eigenvalue weighted by Crippen LogP contribution is -2.26. The molecule has 0 fully saturated rings. The maximum absolute atomic E-state index is 12.8. The van der Waals surface area contributed by atoms with Gasteiger partial charge in [-0.3, -0.25) is 4.79 Å². The highest BCUT2D eigenvalue weighted by molar-refractivity contribution is 7.98. The van der Waals surface area contributed by atoms with E-state index in [1.807, 2.05) is 19.2 Å². The number of benzene rings is 1. The second-order valence-corrected chi connectivity index (χ2v) is 6.05. The molecule has 0 aliphatic heterocycles. The standard InChI is InChI=1S/C17H19F2NO2S/c1-11-4-7-15(20(17(11)21)9-16(18)19)14-6-5-13(8-12(14)2)22-10-23-3/h4-8,16H,9-10H2,1-3H3. The minimum absolute atomic E-state index is 0.384. The molecule has 23 heavy (non-hydrogen) atoms. The Kier molecular flexibility index (Phi) is 5.82. The van der Waals surface area contributed by atoms with E-state index in [2.05, 4.69) is 0 Å². The summed E-state index contributed by atoms with van der Waals surface area (Å²) in [5.74, 6) is 1.26. The monoisotopic (exact) mass is 339 g/mol. The first kappa shape index (κ1) is 17.5. The van der Waals surface area contributed by atoms with Crippen molar-refractivity contribution in [2.45, 2.75) is 26.8 Å². The zero-order valence-electron chi connectivity index (χ0n) is 13.3. The van der Waals surface area contributed by atoms with E-state index >= 15 is 0 Å². The third-order valence-corrected chi connectivity index (χ3v) is 3.86. The lowest BCUT2D eigenvalue weighted by Gasteiger charge is -2.16. The largest absolute Gasteiger partial charge is 0.483 e. The molecule has 0 unspecified atom stereocenters. The van der Waals surface area contributed by atoms with Gasteiger partial charge in [0, 0.05) is 11.1 Å². The van der Waals surface area contributed by atoms with Crippen LogP contribution in [0.1, 0.15) is 11.1 Å². The number of aryl methyl sites for hydroxylation is 2. The molecule has 0 amide bonds. The molecular weight excluding hydrogens is 320 g/mol. The van der Waals surface area contributed by atoms with E-state index in [1.54, 1.807) is 43.0 Å². The van der Waals surface area contributed by atoms with E-state index in [9.17, 15) is 13.6 Å². The van der Waals surface area contributed by atoms with Crippen LogP contribution in [0, 0.1) is 13.8 Å². The maximum Gasteiger partial charge on any atom is 0.256 e. The molecule has 6 heteroatoms. The molecule has 0 saturated heterocycles. The van der Waals surface area contributed by atoms with Gasteiger partial charge in [0.25, 0.3) is 12.0 Å². The molecule has 0 radical (unpaired) electrons. The lowest BCUT2D eigenvalue weighted by molar-refractivity contribution is 0.126. The van der Waals surface area contributed by atoms with Crippen LogP contribution in [-0.2, 0) is 6.54 Å². The van der Waals surface area contributed by atoms with Crippen molar-refractivity contribution < 1.29 is 13.5 Å². The Hall–Kier alpha value is -1.82. The van der Waals surface area contributed by atoms with Gasteiger partial charge >= 0.3 is 0 Å². The molecule has 3 nitrogen and oxygen atoms in total. The van der Waals surface area contributed by atoms with Gasteiger partial charge in [-0.25, -0.2) is 8.78 Å². The molecule has 0 aliphatic rings. The molecule has 0 atom stereocenters. The topological polar surface area (TPSA) is 31.2 Å². The number of ether oxygens (including phenoxy) is 1. The summed E-state index contributed by atoms with van der Waals surface area (Å²) in [6, 6.07) is 8.82. The minimum Gasteiger partial charge on any atom is -0.483 e. The zero-order chi connectivity index (χ0) is 17.0. The Bertz CT molecular complexity index is 744. The summed E-state index contributed by atoms with van der Waals surface area (Å²) in [7, 11) is 0. The van der Waals surface area contributed by atoms with E-state index in [0.717, 1.165) is 21.4 Å². The van der Waals surface area contributed by atoms with Crippen molar-refractivity contribution in [3.8, 4) is 17.0 Å². The fraction of sp³-hybridized carbons (Fsp3) is 0.353. The van der Waals surface area contributed by atoms with Crippen LogP contribution in [0.5, 0.6) is 5.75 Å². The Morgan fingerprint density at radius 1 is 1.17 bits per heavy atom. The van der Waals surface area contributed by atoms with Crippen molar-refractivity contribution in [2.24, 2.45) is 0 Å². The molecular formula is C17H19F2NO2S. The quantitative estimate of drug-likeness (QED) is 0.743. The van der Waals surface area contributed by atoms with E-state index in [0.29, 0.717) is 17.2 Å². The predicted molar refractivity (Wildman–Crippen MR) is 90.6 cm³/mol. The number of hydrogen-bond donors (Lipinski definition) is 0. The average molecular weight is 339 g/mol. The first-order valence-corrected chi connectivity index (χ1v) is 8.54. The first-order valence-electron chi connectivity index (χ1n) is 7.15. The van der Waals surface area contributed by atoms with Crippen LogP contribution in [-0.4, -0.2) is 23.2 Å². The van der Waals surface area contributed by atoms with Crippen LogP contribution in [0.15, 0.2) is 35.1 Å². The summed E-state index contributed by atoms with van der Waals surface area (Å²) in [5.41, 5.74) is 2.18. The zero-order valence-corrected chi connectivity index (χ0v) is 14.1. The van der Waals surface area contributed by atoms with E-state index in [4.69, 9.17) is 4.74 Å². The number of thioether (sulfide) groups is 1. The van der Waals surface area contributed by atoms with Gasteiger partial charge in [0.15, 0.2) is 0 Å². The highest BCUT2D eigenvalue weighted by Crippen LogP contribution is 2.27. The van der Waals surface area contributed by atoms with E-state index in [-0.39, 0.29) is 5.56 Å². The Balaban J connectivity index is 2.49. The van der Waals surface area contributed by atoms with Crippen LogP contribution in [0.2, 0.25) is 0 Å². The number of rotatable bonds is 6. The summed E-state index contributed by atoms with van der Waals surface area (Å²) < 4.78 is 32.4. The molecule has 1 aromatic carbocycles. The van der Waals surface area contributed by atoms with Crippen molar-refractivity contribution >= 4 is 11.8 Å². The lowest BCUT2D eigenvalue weighted by atomic mass is 10.0. The number of hydrogen-bond acceptors (Lipinski definition) is 3. The highest BCUT2D eigenvalue weighted by Gasteiger charge is 2.14. The third-order valence-electron chi connectivity index (χ3n) is 3.50. The van der Waals surface area contributed by atoms with Crippen molar-refractivity contribution in [2.75, 3.05) is 12.2 Å². The van der Waals surface area contributed by atoms with Crippen LogP contribution in [0.25, 0.3) is 11.3 Å². The maximum atomic E-state index is 12.8. The van der Waals surface area contributed by atoms with Gasteiger partial charge in [-0.05, 0) is 49.9 Å². The number of pyridine rings is 1. The van der Waals surface area contributed by atoms with Crippen LogP contribution < -0.4 is 10.3 Å². The minimum atomic E-state index is -2.59. The molecule has 124 valence electrons. The smallest absolute Gasteiger partial charge is 0.256 e. The number of aromatic nitrogens is 1.